The van der Waals surface area contributed by atoms with Crippen molar-refractivity contribution in [1.29, 1.82) is 0 Å². The second kappa shape index (κ2) is 8.35. The fourth-order valence-electron chi connectivity index (χ4n) is 3.03. The monoisotopic (exact) mass is 447 g/mol. The molecule has 2 aromatic heterocycles. The molecule has 0 spiro atoms. The van der Waals surface area contributed by atoms with Crippen molar-refractivity contribution in [2.75, 3.05) is 0 Å². The molecular weight excluding hydrogens is 426 g/mol. The van der Waals surface area contributed by atoms with Gasteiger partial charge in [-0.15, -0.1) is 11.3 Å². The number of carbonyl (C=O) groups is 1. The summed E-state index contributed by atoms with van der Waals surface area (Å²) in [5.41, 5.74) is 1.97. The van der Waals surface area contributed by atoms with Crippen molar-refractivity contribution in [2.24, 2.45) is 0 Å². The van der Waals surface area contributed by atoms with Crippen LogP contribution in [0.2, 0.25) is 0 Å². The Balaban J connectivity index is 1.69. The van der Waals surface area contributed by atoms with E-state index in [0.717, 1.165) is 31.7 Å². The highest BCUT2D eigenvalue weighted by Crippen LogP contribution is 2.25. The van der Waals surface area contributed by atoms with E-state index >= 15 is 0 Å². The van der Waals surface area contributed by atoms with Crippen LogP contribution in [-0.2, 0) is 11.3 Å². The molecule has 3 rings (SSSR count). The maximum Gasteiger partial charge on any atom is 0.262 e. The van der Waals surface area contributed by atoms with Crippen molar-refractivity contribution >= 4 is 43.4 Å². The fourth-order valence-corrected chi connectivity index (χ4v) is 4.29. The summed E-state index contributed by atoms with van der Waals surface area (Å²) < 4.78 is 2.54. The number of hydrogen-bond acceptors (Lipinski definition) is 4. The van der Waals surface area contributed by atoms with Crippen LogP contribution in [0.15, 0.2) is 39.9 Å². The summed E-state index contributed by atoms with van der Waals surface area (Å²) in [6.07, 6.45) is 2.58. The molecule has 7 heteroatoms. The molecule has 1 atom stereocenters. The maximum atomic E-state index is 12.7. The molecule has 1 unspecified atom stereocenters. The number of halogens is 1. The number of thiophene rings is 1. The van der Waals surface area contributed by atoms with Crippen molar-refractivity contribution in [2.45, 2.75) is 46.2 Å². The Kier molecular flexibility index (Phi) is 6.11. The third-order valence-electron chi connectivity index (χ3n) is 4.75. The van der Waals surface area contributed by atoms with Gasteiger partial charge < -0.3 is 5.32 Å². The predicted octanol–water partition coefficient (Wildman–Crippen LogP) is 4.49. The standard InChI is InChI=1S/C20H22BrN3O2S/c1-4-16(14-5-7-15(21)8-6-14)23-17(25)9-10-24-11-22-19-18(20(24)26)12(2)13(3)27-19/h5-8,11,16H,4,9-10H2,1-3H3,(H,23,25). The Morgan fingerprint density at radius 3 is 2.67 bits per heavy atom. The number of nitrogens with one attached hydrogen (secondary N) is 1. The lowest BCUT2D eigenvalue weighted by Gasteiger charge is -2.18. The van der Waals surface area contributed by atoms with Crippen LogP contribution >= 0.6 is 27.3 Å². The lowest BCUT2D eigenvalue weighted by atomic mass is 10.0. The van der Waals surface area contributed by atoms with Crippen LogP contribution in [0.3, 0.4) is 0 Å². The normalized spacial score (nSPS) is 12.3. The Labute approximate surface area is 170 Å². The molecule has 5 nitrogen and oxygen atoms in total. The van der Waals surface area contributed by atoms with Crippen molar-refractivity contribution < 1.29 is 4.79 Å². The summed E-state index contributed by atoms with van der Waals surface area (Å²) in [6, 6.07) is 7.90. The third kappa shape index (κ3) is 4.30. The number of hydrogen-bond donors (Lipinski definition) is 1. The summed E-state index contributed by atoms with van der Waals surface area (Å²) in [5, 5.41) is 3.73. The van der Waals surface area contributed by atoms with Crippen LogP contribution in [-0.4, -0.2) is 15.5 Å². The quantitative estimate of drug-likeness (QED) is 0.604. The van der Waals surface area contributed by atoms with Gasteiger partial charge in [0.05, 0.1) is 17.8 Å². The van der Waals surface area contributed by atoms with Gasteiger partial charge in [0, 0.05) is 22.3 Å². The summed E-state index contributed by atoms with van der Waals surface area (Å²) >= 11 is 4.95. The highest BCUT2D eigenvalue weighted by Gasteiger charge is 2.15. The first-order chi connectivity index (χ1) is 12.9. The molecule has 0 saturated heterocycles. The Morgan fingerprint density at radius 2 is 2.00 bits per heavy atom. The zero-order valence-corrected chi connectivity index (χ0v) is 18.0. The zero-order chi connectivity index (χ0) is 19.6. The highest BCUT2D eigenvalue weighted by molar-refractivity contribution is 9.10. The van der Waals surface area contributed by atoms with E-state index in [9.17, 15) is 9.59 Å². The Bertz CT molecular complexity index is 1020. The van der Waals surface area contributed by atoms with Crippen molar-refractivity contribution in [3.63, 3.8) is 0 Å². The average molecular weight is 448 g/mol. The lowest BCUT2D eigenvalue weighted by molar-refractivity contribution is -0.122. The minimum Gasteiger partial charge on any atom is -0.349 e. The molecule has 142 valence electrons. The summed E-state index contributed by atoms with van der Waals surface area (Å²) in [7, 11) is 0. The van der Waals surface area contributed by atoms with Gasteiger partial charge >= 0.3 is 0 Å². The first kappa shape index (κ1) is 19.8. The van der Waals surface area contributed by atoms with Crippen LogP contribution in [0, 0.1) is 13.8 Å². The van der Waals surface area contributed by atoms with E-state index in [1.165, 1.54) is 15.9 Å². The molecule has 0 aliphatic rings. The maximum absolute atomic E-state index is 12.7. The highest BCUT2D eigenvalue weighted by atomic mass is 79.9. The summed E-state index contributed by atoms with van der Waals surface area (Å²) in [5.74, 6) is -0.0741. The molecular formula is C20H22BrN3O2S. The number of nitrogens with zero attached hydrogens (tertiary/aromatic N) is 2. The van der Waals surface area contributed by atoms with Gasteiger partial charge in [0.1, 0.15) is 4.83 Å². The van der Waals surface area contributed by atoms with E-state index in [0.29, 0.717) is 11.9 Å². The number of rotatable bonds is 6. The zero-order valence-electron chi connectivity index (χ0n) is 15.6. The van der Waals surface area contributed by atoms with E-state index in [2.05, 4.69) is 26.2 Å². The minimum atomic E-state index is -0.0744. The number of fused-ring (bicyclic) bond motifs is 1. The SMILES string of the molecule is CCC(NC(=O)CCn1cnc2sc(C)c(C)c2c1=O)c1ccc(Br)cc1. The number of amides is 1. The van der Waals surface area contributed by atoms with Crippen molar-refractivity contribution in [3.05, 3.63) is 61.4 Å². The van der Waals surface area contributed by atoms with Gasteiger partial charge in [-0.05, 0) is 43.5 Å². The third-order valence-corrected chi connectivity index (χ3v) is 6.40. The molecule has 3 aromatic rings. The largest absolute Gasteiger partial charge is 0.349 e. The molecule has 0 saturated carbocycles. The van der Waals surface area contributed by atoms with Gasteiger partial charge in [-0.1, -0.05) is 35.0 Å². The molecule has 0 radical (unpaired) electrons. The molecule has 0 aliphatic carbocycles. The van der Waals surface area contributed by atoms with Gasteiger partial charge in [-0.25, -0.2) is 4.98 Å². The summed E-state index contributed by atoms with van der Waals surface area (Å²) in [6.45, 7) is 6.29. The minimum absolute atomic E-state index is 0.0373. The number of aryl methyl sites for hydroxylation is 3. The molecule has 1 N–H and O–H groups in total. The van der Waals surface area contributed by atoms with E-state index in [4.69, 9.17) is 0 Å². The van der Waals surface area contributed by atoms with Crippen LogP contribution in [0.4, 0.5) is 0 Å². The first-order valence-corrected chi connectivity index (χ1v) is 10.5. The number of benzene rings is 1. The van der Waals surface area contributed by atoms with Crippen LogP contribution in [0.1, 0.15) is 41.8 Å². The van der Waals surface area contributed by atoms with Gasteiger partial charge in [0.2, 0.25) is 5.91 Å². The van der Waals surface area contributed by atoms with E-state index in [1.54, 1.807) is 6.33 Å². The van der Waals surface area contributed by atoms with Crippen LogP contribution in [0.25, 0.3) is 10.2 Å². The molecule has 1 aromatic carbocycles. The fraction of sp³-hybridized carbons (Fsp3) is 0.350. The first-order valence-electron chi connectivity index (χ1n) is 8.90. The molecule has 2 heterocycles. The van der Waals surface area contributed by atoms with Crippen LogP contribution in [0.5, 0.6) is 0 Å². The Morgan fingerprint density at radius 1 is 1.30 bits per heavy atom. The topological polar surface area (TPSA) is 64.0 Å². The second-order valence-electron chi connectivity index (χ2n) is 6.54. The van der Waals surface area contributed by atoms with Crippen molar-refractivity contribution in [1.82, 2.24) is 14.9 Å². The van der Waals surface area contributed by atoms with Crippen molar-refractivity contribution in [3.8, 4) is 0 Å². The van der Waals surface area contributed by atoms with E-state index in [-0.39, 0.29) is 23.9 Å². The number of aromatic nitrogens is 2. The predicted molar refractivity (Wildman–Crippen MR) is 113 cm³/mol. The van der Waals surface area contributed by atoms with E-state index < -0.39 is 0 Å². The second-order valence-corrected chi connectivity index (χ2v) is 8.66. The lowest BCUT2D eigenvalue weighted by Crippen LogP contribution is -2.30. The molecule has 0 aliphatic heterocycles. The van der Waals surface area contributed by atoms with E-state index in [1.807, 2.05) is 45.0 Å². The molecule has 27 heavy (non-hydrogen) atoms. The molecule has 1 amide bonds. The van der Waals surface area contributed by atoms with Gasteiger partial charge in [-0.2, -0.15) is 0 Å². The molecule has 0 bridgehead atoms. The van der Waals surface area contributed by atoms with Gasteiger partial charge in [0.25, 0.3) is 5.56 Å². The van der Waals surface area contributed by atoms with Gasteiger partial charge in [0.15, 0.2) is 0 Å². The smallest absolute Gasteiger partial charge is 0.262 e. The van der Waals surface area contributed by atoms with Crippen LogP contribution < -0.4 is 10.9 Å². The number of carbonyl (C=O) groups excluding carboxylic acids is 1. The molecule has 0 fully saturated rings. The Hall–Kier alpha value is -1.99. The van der Waals surface area contributed by atoms with Gasteiger partial charge in [-0.3, -0.25) is 14.2 Å². The summed E-state index contributed by atoms with van der Waals surface area (Å²) in [4.78, 5) is 31.4. The average Bonchev–Trinajstić information content (AvgIpc) is 2.95.